The summed E-state index contributed by atoms with van der Waals surface area (Å²) in [6.45, 7) is 9.50. The van der Waals surface area contributed by atoms with Crippen LogP contribution >= 0.6 is 11.3 Å². The quantitative estimate of drug-likeness (QED) is 0.238. The summed E-state index contributed by atoms with van der Waals surface area (Å²) < 4.78 is 15.0. The van der Waals surface area contributed by atoms with E-state index in [9.17, 15) is 14.0 Å². The average molecular weight is 581 g/mol. The molecule has 2 aromatic heterocycles. The van der Waals surface area contributed by atoms with Crippen LogP contribution in [0.5, 0.6) is 0 Å². The number of anilines is 1. The SMILES string of the molecule is CC/C=C/C(=C\C=C(/C)Nc1ncc(F)c(-c2cc3c(s2)C2(CCCC2)CNC3=O)n1)N(C)CCN(CC)CC=O. The van der Waals surface area contributed by atoms with Crippen LogP contribution in [0.1, 0.15) is 68.1 Å². The van der Waals surface area contributed by atoms with E-state index in [-0.39, 0.29) is 17.0 Å². The molecule has 2 aromatic rings. The fraction of sp³-hybridized carbons (Fsp3) is 0.484. The first-order chi connectivity index (χ1) is 19.8. The Bertz CT molecular complexity index is 1330. The second-order valence-corrected chi connectivity index (χ2v) is 11.8. The van der Waals surface area contributed by atoms with Gasteiger partial charge in [0.25, 0.3) is 5.91 Å². The van der Waals surface area contributed by atoms with Gasteiger partial charge in [-0.2, -0.15) is 0 Å². The summed E-state index contributed by atoms with van der Waals surface area (Å²) in [5.41, 5.74) is 2.64. The second-order valence-electron chi connectivity index (χ2n) is 10.8. The maximum absolute atomic E-state index is 15.0. The van der Waals surface area contributed by atoms with Gasteiger partial charge in [0.15, 0.2) is 5.82 Å². The minimum absolute atomic E-state index is 0.0389. The molecule has 1 saturated carbocycles. The maximum atomic E-state index is 15.0. The molecule has 10 heteroatoms. The van der Waals surface area contributed by atoms with E-state index in [2.05, 4.69) is 49.5 Å². The van der Waals surface area contributed by atoms with Crippen LogP contribution in [-0.2, 0) is 10.2 Å². The lowest BCUT2D eigenvalue weighted by Gasteiger charge is -2.33. The van der Waals surface area contributed by atoms with Gasteiger partial charge < -0.3 is 20.3 Å². The van der Waals surface area contributed by atoms with Crippen LogP contribution in [-0.4, -0.2) is 71.7 Å². The molecule has 1 aliphatic carbocycles. The first-order valence-corrected chi connectivity index (χ1v) is 15.3. The number of hydrogen-bond acceptors (Lipinski definition) is 8. The molecule has 0 atom stereocenters. The summed E-state index contributed by atoms with van der Waals surface area (Å²) >= 11 is 1.49. The molecule has 0 radical (unpaired) electrons. The number of amides is 1. The number of thiophene rings is 1. The Morgan fingerprint density at radius 3 is 2.73 bits per heavy atom. The Morgan fingerprint density at radius 1 is 1.24 bits per heavy atom. The van der Waals surface area contributed by atoms with Gasteiger partial charge in [0.05, 0.1) is 23.2 Å². The Labute approximate surface area is 246 Å². The van der Waals surface area contributed by atoms with Gasteiger partial charge in [-0.15, -0.1) is 11.3 Å². The highest BCUT2D eigenvalue weighted by Crippen LogP contribution is 2.48. The highest BCUT2D eigenvalue weighted by atomic mass is 32.1. The number of likely N-dealkylation sites (N-methyl/N-ethyl adjacent to an activating group) is 2. The third-order valence-corrected chi connectivity index (χ3v) is 9.28. The van der Waals surface area contributed by atoms with Gasteiger partial charge in [0.1, 0.15) is 12.0 Å². The van der Waals surface area contributed by atoms with E-state index in [1.54, 1.807) is 6.07 Å². The molecule has 41 heavy (non-hydrogen) atoms. The van der Waals surface area contributed by atoms with Crippen molar-refractivity contribution in [3.63, 3.8) is 0 Å². The van der Waals surface area contributed by atoms with E-state index in [1.807, 2.05) is 33.0 Å². The molecule has 2 aliphatic rings. The topological polar surface area (TPSA) is 90.5 Å². The second kappa shape index (κ2) is 14.0. The number of halogens is 1. The van der Waals surface area contributed by atoms with Crippen LogP contribution in [0.2, 0.25) is 0 Å². The highest BCUT2D eigenvalue weighted by Gasteiger charge is 2.43. The molecular formula is C31H41FN6O2S. The average Bonchev–Trinajstić information content (AvgIpc) is 3.63. The van der Waals surface area contributed by atoms with Gasteiger partial charge >= 0.3 is 0 Å². The molecule has 1 spiro atoms. The Hall–Kier alpha value is -3.37. The van der Waals surface area contributed by atoms with Crippen molar-refractivity contribution in [1.82, 2.24) is 25.1 Å². The third-order valence-electron chi connectivity index (χ3n) is 7.89. The number of hydrogen-bond donors (Lipinski definition) is 2. The number of nitrogens with zero attached hydrogens (tertiary/aromatic N) is 4. The van der Waals surface area contributed by atoms with Crippen molar-refractivity contribution in [2.45, 2.75) is 58.3 Å². The maximum Gasteiger partial charge on any atom is 0.252 e. The first kappa shape index (κ1) is 30.6. The Balaban J connectivity index is 1.52. The number of aldehydes is 1. The molecule has 0 unspecified atom stereocenters. The van der Waals surface area contributed by atoms with Crippen molar-refractivity contribution in [2.24, 2.45) is 0 Å². The number of allylic oxidation sites excluding steroid dienone is 5. The molecule has 0 saturated heterocycles. The van der Waals surface area contributed by atoms with Gasteiger partial charge in [0.2, 0.25) is 5.95 Å². The van der Waals surface area contributed by atoms with Crippen LogP contribution in [0, 0.1) is 5.82 Å². The van der Waals surface area contributed by atoms with Crippen molar-refractivity contribution in [3.8, 4) is 10.6 Å². The Kier molecular flexibility index (Phi) is 10.4. The molecule has 1 aliphatic heterocycles. The number of aromatic nitrogens is 2. The summed E-state index contributed by atoms with van der Waals surface area (Å²) in [6, 6.07) is 1.78. The van der Waals surface area contributed by atoms with Crippen molar-refractivity contribution < 1.29 is 14.0 Å². The lowest BCUT2D eigenvalue weighted by molar-refractivity contribution is -0.108. The zero-order valence-electron chi connectivity index (χ0n) is 24.5. The molecule has 0 bridgehead atoms. The minimum Gasteiger partial charge on any atom is -0.373 e. The zero-order valence-corrected chi connectivity index (χ0v) is 25.3. The first-order valence-electron chi connectivity index (χ1n) is 14.4. The summed E-state index contributed by atoms with van der Waals surface area (Å²) in [5.74, 6) is -0.315. The molecular weight excluding hydrogens is 539 g/mol. The monoisotopic (exact) mass is 580 g/mol. The van der Waals surface area contributed by atoms with Crippen LogP contribution in [0.15, 0.2) is 48.0 Å². The summed E-state index contributed by atoms with van der Waals surface area (Å²) in [4.78, 5) is 38.2. The van der Waals surface area contributed by atoms with Crippen LogP contribution in [0.4, 0.5) is 10.3 Å². The number of fused-ring (bicyclic) bond motifs is 2. The standard InChI is InChI=1S/C31H41FN6O2S/c1-5-7-10-23(37(4)15-16-38(6-2)17-18-39)12-11-22(3)35-30-33-20-25(32)27(36-30)26-19-24-28(41-26)31(13-8-9-14-31)21-34-29(24)40/h7,10-12,18-20H,5-6,8-9,13-17,21H2,1-4H3,(H,34,40)(H,33,35,36)/b10-7+,22-11+,23-12+. The molecule has 8 nitrogen and oxygen atoms in total. The van der Waals surface area contributed by atoms with Crippen LogP contribution < -0.4 is 10.6 Å². The van der Waals surface area contributed by atoms with E-state index in [4.69, 9.17) is 0 Å². The fourth-order valence-corrected chi connectivity index (χ4v) is 6.82. The largest absolute Gasteiger partial charge is 0.373 e. The van der Waals surface area contributed by atoms with E-state index in [0.29, 0.717) is 29.5 Å². The van der Waals surface area contributed by atoms with Crippen molar-refractivity contribution in [2.75, 3.05) is 45.1 Å². The number of carbonyl (C=O) groups excluding carboxylic acids is 2. The van der Waals surface area contributed by atoms with E-state index < -0.39 is 5.82 Å². The normalized spacial score (nSPS) is 16.9. The molecule has 1 fully saturated rings. The lowest BCUT2D eigenvalue weighted by Crippen LogP contribution is -2.44. The minimum atomic E-state index is -0.513. The smallest absolute Gasteiger partial charge is 0.252 e. The zero-order chi connectivity index (χ0) is 29.4. The van der Waals surface area contributed by atoms with Gasteiger partial charge in [0, 0.05) is 48.4 Å². The Morgan fingerprint density at radius 2 is 2.02 bits per heavy atom. The van der Waals surface area contributed by atoms with E-state index in [1.165, 1.54) is 17.5 Å². The van der Waals surface area contributed by atoms with Crippen LogP contribution in [0.25, 0.3) is 10.6 Å². The van der Waals surface area contributed by atoms with E-state index >= 15 is 0 Å². The predicted octanol–water partition coefficient (Wildman–Crippen LogP) is 5.52. The molecule has 3 heterocycles. The van der Waals surface area contributed by atoms with Crippen molar-refractivity contribution in [3.05, 3.63) is 64.2 Å². The van der Waals surface area contributed by atoms with Gasteiger partial charge in [-0.3, -0.25) is 9.69 Å². The number of rotatable bonds is 13. The summed E-state index contributed by atoms with van der Waals surface area (Å²) in [5, 5.41) is 6.23. The van der Waals surface area contributed by atoms with Crippen LogP contribution in [0.3, 0.4) is 0 Å². The fourth-order valence-electron chi connectivity index (χ4n) is 5.43. The lowest BCUT2D eigenvalue weighted by atomic mass is 9.80. The van der Waals surface area contributed by atoms with E-state index in [0.717, 1.165) is 74.3 Å². The predicted molar refractivity (Wildman–Crippen MR) is 163 cm³/mol. The number of nitrogens with one attached hydrogen (secondary N) is 2. The molecule has 0 aromatic carbocycles. The molecule has 4 rings (SSSR count). The number of carbonyl (C=O) groups is 2. The van der Waals surface area contributed by atoms with Gasteiger partial charge in [-0.1, -0.05) is 32.8 Å². The molecule has 220 valence electrons. The molecule has 1 amide bonds. The third kappa shape index (κ3) is 7.29. The molecule has 2 N–H and O–H groups in total. The van der Waals surface area contributed by atoms with Crippen molar-refractivity contribution in [1.29, 1.82) is 0 Å². The van der Waals surface area contributed by atoms with Crippen molar-refractivity contribution >= 4 is 29.5 Å². The summed E-state index contributed by atoms with van der Waals surface area (Å²) in [7, 11) is 2.03. The highest BCUT2D eigenvalue weighted by molar-refractivity contribution is 7.16. The summed E-state index contributed by atoms with van der Waals surface area (Å²) in [6.07, 6.45) is 15.5. The van der Waals surface area contributed by atoms with Gasteiger partial charge in [-0.25, -0.2) is 14.4 Å². The van der Waals surface area contributed by atoms with Gasteiger partial charge in [-0.05, 0) is 57.0 Å².